The van der Waals surface area contributed by atoms with Crippen molar-refractivity contribution in [1.82, 2.24) is 15.1 Å². The third-order valence-electron chi connectivity index (χ3n) is 3.45. The molecule has 0 aliphatic heterocycles. The Morgan fingerprint density at radius 1 is 1.28 bits per heavy atom. The molecule has 0 spiro atoms. The van der Waals surface area contributed by atoms with Gasteiger partial charge in [-0.1, -0.05) is 27.2 Å². The molecule has 1 N–H and O–H groups in total. The standard InChI is InChI=1S/C15H29N3/c1-5-9-13(12-16-7-3)10-15-11-14(6-2)17-18(15)8-4/h11,13,16H,5-10,12H2,1-4H3. The molecule has 0 bridgehead atoms. The normalized spacial score (nSPS) is 12.9. The molecule has 0 aromatic carbocycles. The molecule has 1 atom stereocenters. The van der Waals surface area contributed by atoms with Crippen LogP contribution in [0.5, 0.6) is 0 Å². The van der Waals surface area contributed by atoms with E-state index < -0.39 is 0 Å². The monoisotopic (exact) mass is 251 g/mol. The Hall–Kier alpha value is -0.830. The average Bonchev–Trinajstić information content (AvgIpc) is 2.78. The summed E-state index contributed by atoms with van der Waals surface area (Å²) in [5, 5.41) is 8.12. The van der Waals surface area contributed by atoms with E-state index in [-0.39, 0.29) is 0 Å². The predicted molar refractivity (Wildman–Crippen MR) is 77.9 cm³/mol. The summed E-state index contributed by atoms with van der Waals surface area (Å²) in [4.78, 5) is 0. The van der Waals surface area contributed by atoms with Gasteiger partial charge in [-0.15, -0.1) is 0 Å². The molecular formula is C15H29N3. The highest BCUT2D eigenvalue weighted by molar-refractivity contribution is 5.11. The van der Waals surface area contributed by atoms with Gasteiger partial charge in [-0.2, -0.15) is 5.10 Å². The average molecular weight is 251 g/mol. The van der Waals surface area contributed by atoms with Gasteiger partial charge in [0.25, 0.3) is 0 Å². The molecule has 1 rings (SSSR count). The molecule has 104 valence electrons. The van der Waals surface area contributed by atoms with E-state index in [1.54, 1.807) is 0 Å². The van der Waals surface area contributed by atoms with Crippen LogP contribution in [0.2, 0.25) is 0 Å². The number of aryl methyl sites for hydroxylation is 2. The van der Waals surface area contributed by atoms with Crippen LogP contribution in [0.15, 0.2) is 6.07 Å². The van der Waals surface area contributed by atoms with Crippen LogP contribution in [0.1, 0.15) is 51.9 Å². The van der Waals surface area contributed by atoms with Crippen LogP contribution < -0.4 is 5.32 Å². The Kier molecular flexibility index (Phi) is 7.02. The maximum atomic E-state index is 4.64. The number of aromatic nitrogens is 2. The van der Waals surface area contributed by atoms with Gasteiger partial charge < -0.3 is 5.32 Å². The Labute approximate surface area is 112 Å². The summed E-state index contributed by atoms with van der Waals surface area (Å²) in [7, 11) is 0. The van der Waals surface area contributed by atoms with Crippen LogP contribution in [-0.2, 0) is 19.4 Å². The smallest absolute Gasteiger partial charge is 0.0624 e. The lowest BCUT2D eigenvalue weighted by Gasteiger charge is -2.17. The summed E-state index contributed by atoms with van der Waals surface area (Å²) in [6.45, 7) is 12.0. The molecule has 3 heteroatoms. The fraction of sp³-hybridized carbons (Fsp3) is 0.800. The molecule has 0 amide bonds. The molecule has 1 aromatic rings. The second-order valence-electron chi connectivity index (χ2n) is 4.96. The van der Waals surface area contributed by atoms with Crippen LogP contribution >= 0.6 is 0 Å². The highest BCUT2D eigenvalue weighted by Gasteiger charge is 2.13. The van der Waals surface area contributed by atoms with Gasteiger partial charge in [0, 0.05) is 12.2 Å². The zero-order valence-electron chi connectivity index (χ0n) is 12.5. The summed E-state index contributed by atoms with van der Waals surface area (Å²) >= 11 is 0. The van der Waals surface area contributed by atoms with Crippen molar-refractivity contribution in [3.63, 3.8) is 0 Å². The second-order valence-corrected chi connectivity index (χ2v) is 4.96. The van der Waals surface area contributed by atoms with Gasteiger partial charge >= 0.3 is 0 Å². The van der Waals surface area contributed by atoms with Gasteiger partial charge in [-0.25, -0.2) is 0 Å². The number of nitrogens with zero attached hydrogens (tertiary/aromatic N) is 2. The van der Waals surface area contributed by atoms with Crippen LogP contribution in [0.25, 0.3) is 0 Å². The molecule has 0 radical (unpaired) electrons. The molecule has 0 saturated heterocycles. The molecule has 0 saturated carbocycles. The van der Waals surface area contributed by atoms with Gasteiger partial charge in [0.15, 0.2) is 0 Å². The van der Waals surface area contributed by atoms with Crippen LogP contribution in [0.4, 0.5) is 0 Å². The second kappa shape index (κ2) is 8.30. The Bertz CT molecular complexity index is 330. The van der Waals surface area contributed by atoms with E-state index >= 15 is 0 Å². The van der Waals surface area contributed by atoms with Crippen LogP contribution in [0.3, 0.4) is 0 Å². The SMILES string of the molecule is CCCC(CNCC)Cc1cc(CC)nn1CC. The van der Waals surface area contributed by atoms with Gasteiger partial charge in [0.1, 0.15) is 0 Å². The minimum atomic E-state index is 0.738. The molecule has 1 heterocycles. The van der Waals surface area contributed by atoms with Crippen molar-refractivity contribution in [3.8, 4) is 0 Å². The van der Waals surface area contributed by atoms with Crippen molar-refractivity contribution in [1.29, 1.82) is 0 Å². The summed E-state index contributed by atoms with van der Waals surface area (Å²) < 4.78 is 2.17. The fourth-order valence-electron chi connectivity index (χ4n) is 2.45. The van der Waals surface area contributed by atoms with E-state index in [0.717, 1.165) is 38.4 Å². The maximum absolute atomic E-state index is 4.64. The first-order valence-corrected chi connectivity index (χ1v) is 7.51. The van der Waals surface area contributed by atoms with Crippen LogP contribution in [-0.4, -0.2) is 22.9 Å². The first kappa shape index (κ1) is 15.2. The maximum Gasteiger partial charge on any atom is 0.0624 e. The van der Waals surface area contributed by atoms with Crippen molar-refractivity contribution in [3.05, 3.63) is 17.5 Å². The number of nitrogens with one attached hydrogen (secondary N) is 1. The van der Waals surface area contributed by atoms with Gasteiger partial charge in [-0.3, -0.25) is 4.68 Å². The summed E-state index contributed by atoms with van der Waals surface area (Å²) in [5.74, 6) is 0.738. The van der Waals surface area contributed by atoms with Gasteiger partial charge in [0.2, 0.25) is 0 Å². The van der Waals surface area contributed by atoms with Crippen LogP contribution in [0, 0.1) is 5.92 Å². The van der Waals surface area contributed by atoms with E-state index in [1.165, 1.54) is 24.2 Å². The highest BCUT2D eigenvalue weighted by atomic mass is 15.3. The third-order valence-corrected chi connectivity index (χ3v) is 3.45. The Balaban J connectivity index is 2.68. The van der Waals surface area contributed by atoms with Crippen molar-refractivity contribution in [2.24, 2.45) is 5.92 Å². The van der Waals surface area contributed by atoms with Gasteiger partial charge in [-0.05, 0) is 51.3 Å². The number of hydrogen-bond acceptors (Lipinski definition) is 2. The van der Waals surface area contributed by atoms with Crippen molar-refractivity contribution in [2.45, 2.75) is 59.9 Å². The Morgan fingerprint density at radius 3 is 2.61 bits per heavy atom. The fourth-order valence-corrected chi connectivity index (χ4v) is 2.45. The molecule has 0 aliphatic carbocycles. The minimum absolute atomic E-state index is 0.738. The van der Waals surface area contributed by atoms with Crippen molar-refractivity contribution in [2.75, 3.05) is 13.1 Å². The number of rotatable bonds is 9. The number of hydrogen-bond donors (Lipinski definition) is 1. The topological polar surface area (TPSA) is 29.9 Å². The molecule has 0 fully saturated rings. The van der Waals surface area contributed by atoms with Crippen molar-refractivity contribution >= 4 is 0 Å². The van der Waals surface area contributed by atoms with E-state index in [9.17, 15) is 0 Å². The third kappa shape index (κ3) is 4.45. The lowest BCUT2D eigenvalue weighted by molar-refractivity contribution is 0.429. The van der Waals surface area contributed by atoms with E-state index in [1.807, 2.05) is 0 Å². The van der Waals surface area contributed by atoms with E-state index in [0.29, 0.717) is 0 Å². The molecule has 0 aliphatic rings. The highest BCUT2D eigenvalue weighted by Crippen LogP contribution is 2.15. The molecular weight excluding hydrogens is 222 g/mol. The first-order valence-electron chi connectivity index (χ1n) is 7.51. The largest absolute Gasteiger partial charge is 0.317 e. The molecule has 1 aromatic heterocycles. The lowest BCUT2D eigenvalue weighted by Crippen LogP contribution is -2.24. The molecule has 18 heavy (non-hydrogen) atoms. The van der Waals surface area contributed by atoms with Crippen molar-refractivity contribution < 1.29 is 0 Å². The minimum Gasteiger partial charge on any atom is -0.317 e. The summed E-state index contributed by atoms with van der Waals surface area (Å²) in [6, 6.07) is 2.29. The molecule has 3 nitrogen and oxygen atoms in total. The van der Waals surface area contributed by atoms with Gasteiger partial charge in [0.05, 0.1) is 5.69 Å². The summed E-state index contributed by atoms with van der Waals surface area (Å²) in [5.41, 5.74) is 2.64. The van der Waals surface area contributed by atoms with E-state index in [4.69, 9.17) is 0 Å². The zero-order chi connectivity index (χ0) is 13.4. The zero-order valence-corrected chi connectivity index (χ0v) is 12.5. The predicted octanol–water partition coefficient (Wildman–Crippen LogP) is 3.03. The van der Waals surface area contributed by atoms with E-state index in [2.05, 4.69) is 48.9 Å². The Morgan fingerprint density at radius 2 is 2.06 bits per heavy atom. The lowest BCUT2D eigenvalue weighted by atomic mass is 9.97. The first-order chi connectivity index (χ1) is 8.74. The molecule has 1 unspecified atom stereocenters. The summed E-state index contributed by atoms with van der Waals surface area (Å²) in [6.07, 6.45) is 4.74. The quantitative estimate of drug-likeness (QED) is 0.731.